The molecule has 0 aliphatic rings. The molecule has 0 unspecified atom stereocenters. The molecule has 0 heterocycles. The average Bonchev–Trinajstić information content (AvgIpc) is 2.19. The zero-order valence-electron chi connectivity index (χ0n) is 7.58. The van der Waals surface area contributed by atoms with E-state index in [2.05, 4.69) is 4.74 Å². The lowest BCUT2D eigenvalue weighted by atomic mass is 10.1. The van der Waals surface area contributed by atoms with Gasteiger partial charge in [-0.1, -0.05) is 11.6 Å². The number of halogens is 2. The largest absolute Gasteiger partial charge is 0.495 e. The second kappa shape index (κ2) is 4.27. The number of hydrogen-bond donors (Lipinski definition) is 1. The highest BCUT2D eigenvalue weighted by Crippen LogP contribution is 2.29. The maximum Gasteiger partial charge on any atom is 0.377 e. The molecule has 1 rings (SSSR count). The molecule has 4 nitrogen and oxygen atoms in total. The molecule has 0 saturated heterocycles. The van der Waals surface area contributed by atoms with Crippen molar-refractivity contribution in [2.24, 2.45) is 0 Å². The molecule has 15 heavy (non-hydrogen) atoms. The van der Waals surface area contributed by atoms with Crippen molar-refractivity contribution in [3.05, 3.63) is 28.5 Å². The summed E-state index contributed by atoms with van der Waals surface area (Å²) >= 11 is 5.64. The van der Waals surface area contributed by atoms with Gasteiger partial charge in [-0.2, -0.15) is 0 Å². The molecule has 80 valence electrons. The van der Waals surface area contributed by atoms with Crippen molar-refractivity contribution >= 4 is 23.4 Å². The monoisotopic (exact) mass is 232 g/mol. The van der Waals surface area contributed by atoms with E-state index in [4.69, 9.17) is 16.7 Å². The van der Waals surface area contributed by atoms with Crippen molar-refractivity contribution in [1.29, 1.82) is 0 Å². The molecule has 1 aromatic carbocycles. The summed E-state index contributed by atoms with van der Waals surface area (Å²) in [7, 11) is 1.23. The van der Waals surface area contributed by atoms with Crippen LogP contribution in [0.4, 0.5) is 4.39 Å². The van der Waals surface area contributed by atoms with Crippen LogP contribution in [0.1, 0.15) is 10.4 Å². The third-order valence-electron chi connectivity index (χ3n) is 1.66. The number of aliphatic carboxylic acids is 1. The maximum atomic E-state index is 12.9. The predicted molar refractivity (Wildman–Crippen MR) is 49.9 cm³/mol. The maximum absolute atomic E-state index is 12.9. The predicted octanol–water partition coefficient (Wildman–Crippen LogP) is 1.76. The Morgan fingerprint density at radius 3 is 2.53 bits per heavy atom. The number of carbonyl (C=O) groups is 2. The second-order valence-corrected chi connectivity index (χ2v) is 2.98. The molecule has 0 amide bonds. The summed E-state index contributed by atoms with van der Waals surface area (Å²) in [4.78, 5) is 21.5. The van der Waals surface area contributed by atoms with Gasteiger partial charge in [-0.05, 0) is 6.07 Å². The molecule has 0 radical (unpaired) electrons. The standard InChI is InChI=1S/C9H6ClFO4/c1-15-6-3-4(11)2-5(7(6)10)8(12)9(13)14/h2-3H,1H3,(H,13,14). The first kappa shape index (κ1) is 11.5. The van der Waals surface area contributed by atoms with E-state index in [1.807, 2.05) is 0 Å². The van der Waals surface area contributed by atoms with E-state index >= 15 is 0 Å². The van der Waals surface area contributed by atoms with Crippen LogP contribution in [0.5, 0.6) is 5.75 Å². The number of carboxylic acid groups (broad SMARTS) is 1. The molecule has 0 bridgehead atoms. The number of carboxylic acids is 1. The number of ketones is 1. The van der Waals surface area contributed by atoms with Gasteiger partial charge in [-0.15, -0.1) is 0 Å². The van der Waals surface area contributed by atoms with Gasteiger partial charge >= 0.3 is 5.97 Å². The van der Waals surface area contributed by atoms with Gasteiger partial charge in [0.05, 0.1) is 17.7 Å². The zero-order chi connectivity index (χ0) is 11.6. The number of methoxy groups -OCH3 is 1. The number of benzene rings is 1. The van der Waals surface area contributed by atoms with Crippen LogP contribution in [0.2, 0.25) is 5.02 Å². The normalized spacial score (nSPS) is 9.80. The number of Topliss-reactive ketones (excluding diaryl/α,β-unsaturated/α-hetero) is 1. The van der Waals surface area contributed by atoms with Crippen molar-refractivity contribution in [3.8, 4) is 5.75 Å². The highest BCUT2D eigenvalue weighted by Gasteiger charge is 2.21. The van der Waals surface area contributed by atoms with E-state index in [-0.39, 0.29) is 10.8 Å². The summed E-state index contributed by atoms with van der Waals surface area (Å²) < 4.78 is 17.6. The molecule has 0 spiro atoms. The molecule has 1 N–H and O–H groups in total. The Labute approximate surface area is 89.2 Å². The lowest BCUT2D eigenvalue weighted by Crippen LogP contribution is -2.13. The van der Waals surface area contributed by atoms with Crippen LogP contribution in [0, 0.1) is 5.82 Å². The van der Waals surface area contributed by atoms with Gasteiger partial charge in [-0.3, -0.25) is 4.79 Å². The minimum atomic E-state index is -1.70. The Morgan fingerprint density at radius 1 is 1.47 bits per heavy atom. The molecule has 0 atom stereocenters. The molecule has 0 aliphatic heterocycles. The Kier molecular flexibility index (Phi) is 3.26. The SMILES string of the molecule is COc1cc(F)cc(C(=O)C(=O)O)c1Cl. The summed E-state index contributed by atoms with van der Waals surface area (Å²) in [5, 5.41) is 8.23. The van der Waals surface area contributed by atoms with E-state index in [1.165, 1.54) is 7.11 Å². The second-order valence-electron chi connectivity index (χ2n) is 2.60. The molecular weight excluding hydrogens is 227 g/mol. The number of ether oxygens (including phenoxy) is 1. The molecular formula is C9H6ClFO4. The van der Waals surface area contributed by atoms with E-state index in [0.717, 1.165) is 12.1 Å². The van der Waals surface area contributed by atoms with Crippen molar-refractivity contribution in [2.75, 3.05) is 7.11 Å². The van der Waals surface area contributed by atoms with Gasteiger partial charge in [-0.25, -0.2) is 9.18 Å². The fourth-order valence-electron chi connectivity index (χ4n) is 0.993. The molecule has 0 fully saturated rings. The van der Waals surface area contributed by atoms with Gasteiger partial charge in [0.2, 0.25) is 0 Å². The van der Waals surface area contributed by atoms with Crippen LogP contribution < -0.4 is 4.74 Å². The average molecular weight is 233 g/mol. The molecule has 6 heteroatoms. The summed E-state index contributed by atoms with van der Waals surface area (Å²) in [5.74, 6) is -3.86. The highest BCUT2D eigenvalue weighted by molar-refractivity contribution is 6.45. The van der Waals surface area contributed by atoms with Gasteiger partial charge in [0, 0.05) is 6.07 Å². The smallest absolute Gasteiger partial charge is 0.377 e. The topological polar surface area (TPSA) is 63.6 Å². The quantitative estimate of drug-likeness (QED) is 0.637. The minimum absolute atomic E-state index is 0.0822. The fraction of sp³-hybridized carbons (Fsp3) is 0.111. The van der Waals surface area contributed by atoms with Crippen molar-refractivity contribution in [2.45, 2.75) is 0 Å². The molecule has 0 aromatic heterocycles. The Hall–Kier alpha value is -1.62. The number of carbonyl (C=O) groups excluding carboxylic acids is 1. The van der Waals surface area contributed by atoms with Gasteiger partial charge in [0.15, 0.2) is 0 Å². The van der Waals surface area contributed by atoms with Crippen LogP contribution in [0.15, 0.2) is 12.1 Å². The van der Waals surface area contributed by atoms with Gasteiger partial charge in [0.25, 0.3) is 5.78 Å². The van der Waals surface area contributed by atoms with Crippen LogP contribution in [-0.2, 0) is 4.79 Å². The lowest BCUT2D eigenvalue weighted by Gasteiger charge is -2.06. The Morgan fingerprint density at radius 2 is 2.07 bits per heavy atom. The summed E-state index contributed by atoms with van der Waals surface area (Å²) in [6.07, 6.45) is 0. The first-order valence-electron chi connectivity index (χ1n) is 3.78. The van der Waals surface area contributed by atoms with E-state index < -0.39 is 23.1 Å². The zero-order valence-corrected chi connectivity index (χ0v) is 8.34. The third kappa shape index (κ3) is 2.24. The van der Waals surface area contributed by atoms with Crippen LogP contribution >= 0.6 is 11.6 Å². The number of rotatable bonds is 3. The van der Waals surface area contributed by atoms with E-state index in [9.17, 15) is 14.0 Å². The molecule has 0 saturated carbocycles. The summed E-state index contributed by atoms with van der Waals surface area (Å²) in [6.45, 7) is 0. The minimum Gasteiger partial charge on any atom is -0.495 e. The Bertz CT molecular complexity index is 430. The first-order valence-corrected chi connectivity index (χ1v) is 4.15. The summed E-state index contributed by atoms with van der Waals surface area (Å²) in [5.41, 5.74) is -0.430. The number of hydrogen-bond acceptors (Lipinski definition) is 3. The van der Waals surface area contributed by atoms with Crippen LogP contribution in [0.3, 0.4) is 0 Å². The fourth-order valence-corrected chi connectivity index (χ4v) is 1.27. The molecule has 1 aromatic rings. The Balaban J connectivity index is 3.35. The summed E-state index contributed by atoms with van der Waals surface area (Å²) in [6, 6.07) is 1.71. The highest BCUT2D eigenvalue weighted by atomic mass is 35.5. The van der Waals surface area contributed by atoms with Crippen molar-refractivity contribution in [1.82, 2.24) is 0 Å². The van der Waals surface area contributed by atoms with Gasteiger partial charge in [0.1, 0.15) is 11.6 Å². The van der Waals surface area contributed by atoms with E-state index in [0.29, 0.717) is 0 Å². The third-order valence-corrected chi connectivity index (χ3v) is 2.05. The van der Waals surface area contributed by atoms with Gasteiger partial charge < -0.3 is 9.84 Å². The van der Waals surface area contributed by atoms with Crippen LogP contribution in [-0.4, -0.2) is 24.0 Å². The lowest BCUT2D eigenvalue weighted by molar-refractivity contribution is -0.131. The first-order chi connectivity index (χ1) is 6.97. The van der Waals surface area contributed by atoms with E-state index in [1.54, 1.807) is 0 Å². The molecule has 0 aliphatic carbocycles. The van der Waals surface area contributed by atoms with Crippen LogP contribution in [0.25, 0.3) is 0 Å². The van der Waals surface area contributed by atoms with Crippen molar-refractivity contribution < 1.29 is 23.8 Å². The van der Waals surface area contributed by atoms with Crippen molar-refractivity contribution in [3.63, 3.8) is 0 Å².